The van der Waals surface area contributed by atoms with E-state index >= 15 is 0 Å². The van der Waals surface area contributed by atoms with Gasteiger partial charge in [0.2, 0.25) is 15.6 Å². The number of H-pyrrole nitrogens is 1. The zero-order chi connectivity index (χ0) is 13.8. The van der Waals surface area contributed by atoms with E-state index in [1.807, 2.05) is 0 Å². The summed E-state index contributed by atoms with van der Waals surface area (Å²) >= 11 is 0. The smallest absolute Gasteiger partial charge is 0.321 e. The molecule has 0 saturated carbocycles. The van der Waals surface area contributed by atoms with E-state index in [0.29, 0.717) is 0 Å². The molecule has 0 aliphatic carbocycles. The monoisotopic (exact) mass is 274 g/mol. The Hall–Kier alpha value is -1.67. The summed E-state index contributed by atoms with van der Waals surface area (Å²) < 4.78 is 29.6. The maximum Gasteiger partial charge on any atom is 0.321 e. The van der Waals surface area contributed by atoms with Gasteiger partial charge in [-0.15, -0.1) is 0 Å². The summed E-state index contributed by atoms with van der Waals surface area (Å²) in [6.45, 7) is 1.36. The van der Waals surface area contributed by atoms with E-state index in [1.165, 1.54) is 13.2 Å². The standard InChI is InChI=1S/C10H14N2O5S/c1-3-12(7-10(14)17-2)18(15,16)8-4-5-9(13)11-6-8/h4-6H,3,7H2,1-2H3,(H,11,13). The molecule has 8 heteroatoms. The fraction of sp³-hybridized carbons (Fsp3) is 0.400. The third kappa shape index (κ3) is 3.17. The highest BCUT2D eigenvalue weighted by Gasteiger charge is 2.25. The number of sulfonamides is 1. The van der Waals surface area contributed by atoms with E-state index in [-0.39, 0.29) is 18.0 Å². The second kappa shape index (κ2) is 5.78. The van der Waals surface area contributed by atoms with Crippen molar-refractivity contribution >= 4 is 16.0 Å². The van der Waals surface area contributed by atoms with Crippen molar-refractivity contribution in [2.24, 2.45) is 0 Å². The maximum atomic E-state index is 12.1. The lowest BCUT2D eigenvalue weighted by Crippen LogP contribution is -2.36. The molecule has 100 valence electrons. The Balaban J connectivity index is 3.06. The molecule has 0 aliphatic heterocycles. The van der Waals surface area contributed by atoms with Crippen LogP contribution in [0, 0.1) is 0 Å². The van der Waals surface area contributed by atoms with Crippen LogP contribution in [0.4, 0.5) is 0 Å². The molecule has 0 amide bonds. The molecule has 0 bridgehead atoms. The van der Waals surface area contributed by atoms with Crippen LogP contribution in [0.15, 0.2) is 28.0 Å². The van der Waals surface area contributed by atoms with Crippen LogP contribution in [0.1, 0.15) is 6.92 Å². The lowest BCUT2D eigenvalue weighted by molar-refractivity contribution is -0.140. The van der Waals surface area contributed by atoms with Gasteiger partial charge in [-0.2, -0.15) is 4.31 Å². The summed E-state index contributed by atoms with van der Waals surface area (Å²) in [7, 11) is -2.63. The topological polar surface area (TPSA) is 96.5 Å². The van der Waals surface area contributed by atoms with Gasteiger partial charge in [0, 0.05) is 18.8 Å². The number of likely N-dealkylation sites (N-methyl/N-ethyl adjacent to an activating group) is 1. The molecule has 1 heterocycles. The molecule has 18 heavy (non-hydrogen) atoms. The zero-order valence-electron chi connectivity index (χ0n) is 10.0. The quantitative estimate of drug-likeness (QED) is 0.734. The zero-order valence-corrected chi connectivity index (χ0v) is 10.9. The normalized spacial score (nSPS) is 11.5. The van der Waals surface area contributed by atoms with Crippen molar-refractivity contribution in [2.75, 3.05) is 20.2 Å². The predicted molar refractivity (Wildman–Crippen MR) is 63.5 cm³/mol. The van der Waals surface area contributed by atoms with E-state index in [0.717, 1.165) is 16.6 Å². The van der Waals surface area contributed by atoms with Crippen LogP contribution in [-0.4, -0.2) is 43.9 Å². The molecule has 1 aromatic rings. The number of hydrogen-bond donors (Lipinski definition) is 1. The number of carbonyl (C=O) groups is 1. The molecule has 1 rings (SSSR count). The van der Waals surface area contributed by atoms with E-state index in [4.69, 9.17) is 0 Å². The number of nitrogens with one attached hydrogen (secondary N) is 1. The molecule has 0 atom stereocenters. The second-order valence-electron chi connectivity index (χ2n) is 3.40. The van der Waals surface area contributed by atoms with Gasteiger partial charge in [0.25, 0.3) is 0 Å². The summed E-state index contributed by atoms with van der Waals surface area (Å²) in [5.74, 6) is -0.648. The Morgan fingerprint density at radius 2 is 2.11 bits per heavy atom. The number of aromatic amines is 1. The lowest BCUT2D eigenvalue weighted by atomic mass is 10.5. The molecular weight excluding hydrogens is 260 g/mol. The van der Waals surface area contributed by atoms with Gasteiger partial charge in [-0.3, -0.25) is 9.59 Å². The van der Waals surface area contributed by atoms with Gasteiger partial charge < -0.3 is 9.72 Å². The van der Waals surface area contributed by atoms with E-state index in [1.54, 1.807) is 6.92 Å². The number of rotatable bonds is 5. The van der Waals surface area contributed by atoms with Gasteiger partial charge in [-0.25, -0.2) is 8.42 Å². The fourth-order valence-electron chi connectivity index (χ4n) is 1.28. The lowest BCUT2D eigenvalue weighted by Gasteiger charge is -2.18. The number of nitrogens with zero attached hydrogens (tertiary/aromatic N) is 1. The Labute approximate surface area is 104 Å². The summed E-state index contributed by atoms with van der Waals surface area (Å²) in [4.78, 5) is 24.2. The first-order valence-electron chi connectivity index (χ1n) is 5.17. The van der Waals surface area contributed by atoms with Gasteiger partial charge in [0.05, 0.1) is 12.0 Å². The highest BCUT2D eigenvalue weighted by atomic mass is 32.2. The number of esters is 1. The number of pyridine rings is 1. The molecule has 0 aliphatic rings. The minimum atomic E-state index is -3.81. The summed E-state index contributed by atoms with van der Waals surface area (Å²) in [6.07, 6.45) is 1.09. The van der Waals surface area contributed by atoms with E-state index in [9.17, 15) is 18.0 Å². The summed E-state index contributed by atoms with van der Waals surface area (Å²) in [6, 6.07) is 2.30. The van der Waals surface area contributed by atoms with Gasteiger partial charge in [0.15, 0.2) is 0 Å². The largest absolute Gasteiger partial charge is 0.468 e. The Morgan fingerprint density at radius 1 is 1.44 bits per heavy atom. The van der Waals surface area contributed by atoms with Gasteiger partial charge in [-0.1, -0.05) is 6.92 Å². The third-order valence-corrected chi connectivity index (χ3v) is 4.20. The molecule has 0 radical (unpaired) electrons. The highest BCUT2D eigenvalue weighted by molar-refractivity contribution is 7.89. The van der Waals surface area contributed by atoms with Crippen LogP contribution in [-0.2, 0) is 19.6 Å². The molecule has 0 spiro atoms. The minimum absolute atomic E-state index is 0.0761. The highest BCUT2D eigenvalue weighted by Crippen LogP contribution is 2.12. The molecule has 7 nitrogen and oxygen atoms in total. The van der Waals surface area contributed by atoms with Crippen molar-refractivity contribution in [3.63, 3.8) is 0 Å². The molecule has 0 fully saturated rings. The third-order valence-electron chi connectivity index (χ3n) is 2.28. The Kier molecular flexibility index (Phi) is 4.62. The van der Waals surface area contributed by atoms with Crippen LogP contribution in [0.3, 0.4) is 0 Å². The number of carbonyl (C=O) groups excluding carboxylic acids is 1. The van der Waals surface area contributed by atoms with Crippen LogP contribution >= 0.6 is 0 Å². The minimum Gasteiger partial charge on any atom is -0.468 e. The van der Waals surface area contributed by atoms with Gasteiger partial charge in [0.1, 0.15) is 6.54 Å². The number of methoxy groups -OCH3 is 1. The van der Waals surface area contributed by atoms with E-state index in [2.05, 4.69) is 9.72 Å². The van der Waals surface area contributed by atoms with E-state index < -0.39 is 21.6 Å². The summed E-state index contributed by atoms with van der Waals surface area (Å²) in [5.41, 5.74) is -0.398. The first-order valence-corrected chi connectivity index (χ1v) is 6.61. The fourth-order valence-corrected chi connectivity index (χ4v) is 2.64. The Morgan fingerprint density at radius 3 is 2.56 bits per heavy atom. The molecule has 0 saturated heterocycles. The molecule has 0 unspecified atom stereocenters. The van der Waals surface area contributed by atoms with Crippen molar-refractivity contribution in [2.45, 2.75) is 11.8 Å². The number of aromatic nitrogens is 1. The van der Waals surface area contributed by atoms with Crippen molar-refractivity contribution in [1.29, 1.82) is 0 Å². The van der Waals surface area contributed by atoms with Crippen LogP contribution in [0.25, 0.3) is 0 Å². The van der Waals surface area contributed by atoms with Gasteiger partial charge >= 0.3 is 5.97 Å². The average molecular weight is 274 g/mol. The van der Waals surface area contributed by atoms with Crippen molar-refractivity contribution in [3.8, 4) is 0 Å². The van der Waals surface area contributed by atoms with Crippen LogP contribution in [0.2, 0.25) is 0 Å². The SMILES string of the molecule is CCN(CC(=O)OC)S(=O)(=O)c1ccc(=O)[nH]c1. The van der Waals surface area contributed by atoms with Crippen molar-refractivity contribution in [3.05, 3.63) is 28.7 Å². The molecule has 0 aromatic carbocycles. The first kappa shape index (κ1) is 14.4. The Bertz CT molecular complexity index is 558. The maximum absolute atomic E-state index is 12.1. The predicted octanol–water partition coefficient (Wildman–Crippen LogP) is -0.441. The summed E-state index contributed by atoms with van der Waals surface area (Å²) in [5, 5.41) is 0. The second-order valence-corrected chi connectivity index (χ2v) is 5.33. The average Bonchev–Trinajstić information content (AvgIpc) is 2.35. The van der Waals surface area contributed by atoms with Crippen molar-refractivity contribution < 1.29 is 17.9 Å². The molecular formula is C10H14N2O5S. The molecule has 1 aromatic heterocycles. The van der Waals surface area contributed by atoms with Crippen LogP contribution < -0.4 is 5.56 Å². The number of ether oxygens (including phenoxy) is 1. The van der Waals surface area contributed by atoms with Crippen molar-refractivity contribution in [1.82, 2.24) is 9.29 Å². The molecule has 1 N–H and O–H groups in total. The van der Waals surface area contributed by atoms with Gasteiger partial charge in [-0.05, 0) is 6.07 Å². The number of hydrogen-bond acceptors (Lipinski definition) is 5. The first-order chi connectivity index (χ1) is 8.41. The van der Waals surface area contributed by atoms with Crippen LogP contribution in [0.5, 0.6) is 0 Å².